The summed E-state index contributed by atoms with van der Waals surface area (Å²) >= 11 is 1.80. The lowest BCUT2D eigenvalue weighted by Crippen LogP contribution is -2.01. The van der Waals surface area contributed by atoms with Crippen molar-refractivity contribution in [2.45, 2.75) is 0 Å². The van der Waals surface area contributed by atoms with Gasteiger partial charge in [0.2, 0.25) is 0 Å². The number of hydrogen-bond acceptors (Lipinski definition) is 5. The summed E-state index contributed by atoms with van der Waals surface area (Å²) in [7, 11) is 0. The van der Waals surface area contributed by atoms with E-state index < -0.39 is 0 Å². The standard InChI is InChI=1S/C51H30N4OS/c1-2-11-31(12-3-1)33-23-27-43-40(29-33)36-13-4-7-17-42(36)55(43)35-25-21-32(22-26-35)49-52-50(34-24-28-47-41(30-34)37-14-6-9-20-46(37)57-47)54-51(53-49)39-16-10-19-45-48(39)38-15-5-8-18-44(38)56-45/h1-30H. The van der Waals surface area contributed by atoms with Gasteiger partial charge in [-0.2, -0.15) is 0 Å². The molecule has 0 spiro atoms. The van der Waals surface area contributed by atoms with Gasteiger partial charge in [0.15, 0.2) is 17.5 Å². The lowest BCUT2D eigenvalue weighted by molar-refractivity contribution is 0.669. The van der Waals surface area contributed by atoms with E-state index in [9.17, 15) is 0 Å². The lowest BCUT2D eigenvalue weighted by atomic mass is 10.0. The molecular formula is C51H30N4OS. The van der Waals surface area contributed by atoms with Crippen molar-refractivity contribution in [2.75, 3.05) is 0 Å². The molecule has 4 heterocycles. The zero-order valence-electron chi connectivity index (χ0n) is 30.4. The van der Waals surface area contributed by atoms with Gasteiger partial charge in [0, 0.05) is 64.1 Å². The van der Waals surface area contributed by atoms with Crippen molar-refractivity contribution in [1.82, 2.24) is 19.5 Å². The average molecular weight is 747 g/mol. The predicted octanol–water partition coefficient (Wildman–Crippen LogP) is 13.9. The molecular weight excluding hydrogens is 717 g/mol. The fourth-order valence-electron chi connectivity index (χ4n) is 8.40. The molecule has 6 heteroatoms. The molecule has 0 bridgehead atoms. The molecule has 266 valence electrons. The van der Waals surface area contributed by atoms with Crippen LogP contribution in [0.3, 0.4) is 0 Å². The Balaban J connectivity index is 1.03. The van der Waals surface area contributed by atoms with Crippen LogP contribution in [0.25, 0.3) is 115 Å². The summed E-state index contributed by atoms with van der Waals surface area (Å²) in [6, 6.07) is 63.9. The largest absolute Gasteiger partial charge is 0.456 e. The maximum Gasteiger partial charge on any atom is 0.164 e. The number of hydrogen-bond donors (Lipinski definition) is 0. The topological polar surface area (TPSA) is 56.7 Å². The van der Waals surface area contributed by atoms with Gasteiger partial charge in [-0.3, -0.25) is 0 Å². The summed E-state index contributed by atoms with van der Waals surface area (Å²) in [6.07, 6.45) is 0. The van der Waals surface area contributed by atoms with Crippen molar-refractivity contribution in [3.05, 3.63) is 182 Å². The number of aromatic nitrogens is 4. The third kappa shape index (κ3) is 5.12. The Morgan fingerprint density at radius 3 is 1.89 bits per heavy atom. The van der Waals surface area contributed by atoms with E-state index in [0.717, 1.165) is 55.3 Å². The third-order valence-electron chi connectivity index (χ3n) is 11.1. The van der Waals surface area contributed by atoms with Crippen molar-refractivity contribution >= 4 is 75.3 Å². The molecule has 0 aliphatic rings. The van der Waals surface area contributed by atoms with Gasteiger partial charge >= 0.3 is 0 Å². The van der Waals surface area contributed by atoms with Gasteiger partial charge in [-0.25, -0.2) is 15.0 Å². The Bertz CT molecular complexity index is 3520. The molecule has 0 unspecified atom stereocenters. The SMILES string of the molecule is c1ccc(-c2ccc3c(c2)c2ccccc2n3-c2ccc(-c3nc(-c4ccc5sc6ccccc6c5c4)nc(-c4cccc5oc6ccccc6c45)n3)cc2)cc1. The Kier molecular flexibility index (Phi) is 7.03. The van der Waals surface area contributed by atoms with Crippen molar-refractivity contribution in [1.29, 1.82) is 0 Å². The van der Waals surface area contributed by atoms with E-state index in [4.69, 9.17) is 19.4 Å². The van der Waals surface area contributed by atoms with E-state index >= 15 is 0 Å². The highest BCUT2D eigenvalue weighted by atomic mass is 32.1. The normalized spacial score (nSPS) is 11.9. The number of nitrogens with zero attached hydrogens (tertiary/aromatic N) is 4. The van der Waals surface area contributed by atoms with Crippen LogP contribution in [0, 0.1) is 0 Å². The first-order valence-electron chi connectivity index (χ1n) is 19.0. The van der Waals surface area contributed by atoms with Crippen molar-refractivity contribution in [3.8, 4) is 51.0 Å². The molecule has 0 fully saturated rings. The van der Waals surface area contributed by atoms with Gasteiger partial charge in [0.25, 0.3) is 0 Å². The van der Waals surface area contributed by atoms with Crippen LogP contribution in [0.2, 0.25) is 0 Å². The van der Waals surface area contributed by atoms with Crippen LogP contribution in [0.5, 0.6) is 0 Å². The Hall–Kier alpha value is -7.41. The van der Waals surface area contributed by atoms with Crippen molar-refractivity contribution < 1.29 is 4.42 Å². The second-order valence-corrected chi connectivity index (χ2v) is 15.5. The van der Waals surface area contributed by atoms with Gasteiger partial charge in [0.1, 0.15) is 11.2 Å². The van der Waals surface area contributed by atoms with E-state index in [2.05, 4.69) is 156 Å². The van der Waals surface area contributed by atoms with Crippen LogP contribution >= 0.6 is 11.3 Å². The lowest BCUT2D eigenvalue weighted by Gasteiger charge is -2.11. The molecule has 12 rings (SSSR count). The minimum atomic E-state index is 0.600. The van der Waals surface area contributed by atoms with Gasteiger partial charge in [-0.1, -0.05) is 103 Å². The number of furan rings is 1. The smallest absolute Gasteiger partial charge is 0.164 e. The van der Waals surface area contributed by atoms with Gasteiger partial charge in [-0.05, 0) is 90.0 Å². The molecule has 0 radical (unpaired) electrons. The fraction of sp³-hybridized carbons (Fsp3) is 0. The second-order valence-electron chi connectivity index (χ2n) is 14.4. The van der Waals surface area contributed by atoms with Crippen LogP contribution in [0.1, 0.15) is 0 Å². The van der Waals surface area contributed by atoms with Crippen LogP contribution in [0.4, 0.5) is 0 Å². The predicted molar refractivity (Wildman–Crippen MR) is 236 cm³/mol. The molecule has 0 N–H and O–H groups in total. The second kappa shape index (κ2) is 12.6. The zero-order chi connectivity index (χ0) is 37.5. The first-order valence-corrected chi connectivity index (χ1v) is 19.8. The molecule has 0 amide bonds. The summed E-state index contributed by atoms with van der Waals surface area (Å²) in [4.78, 5) is 15.6. The molecule has 0 aliphatic heterocycles. The first-order chi connectivity index (χ1) is 28.2. The molecule has 5 nitrogen and oxygen atoms in total. The maximum absolute atomic E-state index is 6.29. The van der Waals surface area contributed by atoms with Crippen LogP contribution < -0.4 is 0 Å². The van der Waals surface area contributed by atoms with Gasteiger partial charge < -0.3 is 8.98 Å². The summed E-state index contributed by atoms with van der Waals surface area (Å²) in [5.74, 6) is 1.83. The van der Waals surface area contributed by atoms with Gasteiger partial charge in [0.05, 0.1) is 11.0 Å². The van der Waals surface area contributed by atoms with E-state index in [1.807, 2.05) is 30.3 Å². The molecule has 0 atom stereocenters. The molecule has 0 aliphatic carbocycles. The van der Waals surface area contributed by atoms with E-state index in [1.54, 1.807) is 11.3 Å². The quantitative estimate of drug-likeness (QED) is 0.176. The summed E-state index contributed by atoms with van der Waals surface area (Å²) in [5.41, 5.74) is 10.2. The Morgan fingerprint density at radius 2 is 1.02 bits per heavy atom. The van der Waals surface area contributed by atoms with Crippen molar-refractivity contribution in [2.24, 2.45) is 0 Å². The average Bonchev–Trinajstić information content (AvgIpc) is 3.96. The van der Waals surface area contributed by atoms with Crippen LogP contribution in [-0.2, 0) is 0 Å². The molecule has 57 heavy (non-hydrogen) atoms. The highest BCUT2D eigenvalue weighted by Crippen LogP contribution is 2.40. The minimum absolute atomic E-state index is 0.600. The van der Waals surface area contributed by atoms with E-state index in [1.165, 1.54) is 42.1 Å². The molecule has 4 aromatic heterocycles. The first kappa shape index (κ1) is 31.9. The highest BCUT2D eigenvalue weighted by Gasteiger charge is 2.19. The van der Waals surface area contributed by atoms with E-state index in [0.29, 0.717) is 17.5 Å². The maximum atomic E-state index is 6.29. The minimum Gasteiger partial charge on any atom is -0.456 e. The fourth-order valence-corrected chi connectivity index (χ4v) is 9.49. The van der Waals surface area contributed by atoms with Crippen LogP contribution in [0.15, 0.2) is 186 Å². The molecule has 0 saturated carbocycles. The van der Waals surface area contributed by atoms with Crippen molar-refractivity contribution in [3.63, 3.8) is 0 Å². The summed E-state index contributed by atoms with van der Waals surface area (Å²) in [5, 5.41) is 6.90. The van der Waals surface area contributed by atoms with E-state index in [-0.39, 0.29) is 0 Å². The number of thiophene rings is 1. The monoisotopic (exact) mass is 746 g/mol. The molecule has 12 aromatic rings. The Labute approximate surface area is 330 Å². The number of benzene rings is 8. The molecule has 0 saturated heterocycles. The number of rotatable bonds is 5. The van der Waals surface area contributed by atoms with Crippen LogP contribution in [-0.4, -0.2) is 19.5 Å². The number of fused-ring (bicyclic) bond motifs is 9. The molecule has 8 aromatic carbocycles. The Morgan fingerprint density at radius 1 is 0.386 bits per heavy atom. The zero-order valence-corrected chi connectivity index (χ0v) is 31.2. The van der Waals surface area contributed by atoms with Gasteiger partial charge in [-0.15, -0.1) is 11.3 Å². The number of para-hydroxylation sites is 2. The highest BCUT2D eigenvalue weighted by molar-refractivity contribution is 7.25. The summed E-state index contributed by atoms with van der Waals surface area (Å²) < 4.78 is 11.1. The summed E-state index contributed by atoms with van der Waals surface area (Å²) in [6.45, 7) is 0. The third-order valence-corrected chi connectivity index (χ3v) is 12.2.